The molecule has 1 aliphatic heterocycles. The SMILES string of the molecule is O=C1c2ccnc(-c3ccc(F)cc3OCC(F)(F)F)c2CN1c1ccc(C2(O)CC2)cc1. The molecule has 0 spiro atoms. The lowest BCUT2D eigenvalue weighted by molar-refractivity contribution is -0.153. The van der Waals surface area contributed by atoms with Gasteiger partial charge in [-0.25, -0.2) is 4.39 Å². The van der Waals surface area contributed by atoms with Crippen LogP contribution in [0.5, 0.6) is 5.75 Å². The number of anilines is 1. The summed E-state index contributed by atoms with van der Waals surface area (Å²) in [6.07, 6.45) is -1.81. The molecule has 1 fully saturated rings. The number of benzene rings is 2. The number of pyridine rings is 1. The number of carbonyl (C=O) groups excluding carboxylic acids is 1. The largest absolute Gasteiger partial charge is 0.483 e. The molecule has 5 nitrogen and oxygen atoms in total. The van der Waals surface area contributed by atoms with Crippen LogP contribution in [0.4, 0.5) is 23.2 Å². The van der Waals surface area contributed by atoms with E-state index in [0.717, 1.165) is 17.7 Å². The van der Waals surface area contributed by atoms with Crippen molar-refractivity contribution in [2.45, 2.75) is 31.2 Å². The minimum atomic E-state index is -4.60. The number of carbonyl (C=O) groups is 1. The monoisotopic (exact) mass is 458 g/mol. The summed E-state index contributed by atoms with van der Waals surface area (Å²) in [5, 5.41) is 10.3. The molecule has 33 heavy (non-hydrogen) atoms. The van der Waals surface area contributed by atoms with Gasteiger partial charge in [-0.1, -0.05) is 12.1 Å². The van der Waals surface area contributed by atoms with Crippen LogP contribution >= 0.6 is 0 Å². The van der Waals surface area contributed by atoms with Crippen LogP contribution in [-0.2, 0) is 12.1 Å². The van der Waals surface area contributed by atoms with Gasteiger partial charge >= 0.3 is 6.18 Å². The van der Waals surface area contributed by atoms with Crippen LogP contribution < -0.4 is 9.64 Å². The van der Waals surface area contributed by atoms with Crippen LogP contribution in [0.2, 0.25) is 0 Å². The summed E-state index contributed by atoms with van der Waals surface area (Å²) in [6.45, 7) is -1.45. The number of hydrogen-bond donors (Lipinski definition) is 1. The first-order valence-corrected chi connectivity index (χ1v) is 10.3. The first-order valence-electron chi connectivity index (χ1n) is 10.3. The highest BCUT2D eigenvalue weighted by Crippen LogP contribution is 2.46. The summed E-state index contributed by atoms with van der Waals surface area (Å²) < 4.78 is 56.7. The molecule has 2 aliphatic rings. The van der Waals surface area contributed by atoms with E-state index < -0.39 is 24.2 Å². The van der Waals surface area contributed by atoms with Gasteiger partial charge in [0.15, 0.2) is 6.61 Å². The summed E-state index contributed by atoms with van der Waals surface area (Å²) >= 11 is 0. The number of alkyl halides is 3. The van der Waals surface area contributed by atoms with Crippen molar-refractivity contribution in [2.24, 2.45) is 0 Å². The maximum Gasteiger partial charge on any atom is 0.422 e. The van der Waals surface area contributed by atoms with Crippen molar-refractivity contribution in [3.8, 4) is 17.0 Å². The third-order valence-corrected chi connectivity index (χ3v) is 5.88. The third kappa shape index (κ3) is 4.04. The van der Waals surface area contributed by atoms with Gasteiger partial charge in [-0.05, 0) is 48.7 Å². The van der Waals surface area contributed by atoms with E-state index in [1.807, 2.05) is 0 Å². The van der Waals surface area contributed by atoms with Gasteiger partial charge in [0.25, 0.3) is 5.91 Å². The number of nitrogens with zero attached hydrogens (tertiary/aromatic N) is 2. The number of hydrogen-bond acceptors (Lipinski definition) is 4. The lowest BCUT2D eigenvalue weighted by atomic mass is 10.0. The summed E-state index contributed by atoms with van der Waals surface area (Å²) in [5.74, 6) is -1.34. The van der Waals surface area contributed by atoms with Crippen molar-refractivity contribution in [1.82, 2.24) is 4.98 Å². The second-order valence-electron chi connectivity index (χ2n) is 8.20. The molecule has 0 saturated heterocycles. The molecular formula is C24H18F4N2O3. The van der Waals surface area contributed by atoms with Gasteiger partial charge in [-0.15, -0.1) is 0 Å². The molecule has 0 bridgehead atoms. The Hall–Kier alpha value is -3.46. The van der Waals surface area contributed by atoms with Crippen LogP contribution in [0.25, 0.3) is 11.3 Å². The molecule has 3 aromatic rings. The highest BCUT2D eigenvalue weighted by molar-refractivity contribution is 6.11. The quantitative estimate of drug-likeness (QED) is 0.549. The highest BCUT2D eigenvalue weighted by atomic mass is 19.4. The fourth-order valence-corrected chi connectivity index (χ4v) is 4.00. The number of rotatable bonds is 5. The Morgan fingerprint density at radius 1 is 1.06 bits per heavy atom. The minimum absolute atomic E-state index is 0.136. The number of fused-ring (bicyclic) bond motifs is 1. The van der Waals surface area contributed by atoms with Crippen LogP contribution in [-0.4, -0.2) is 28.8 Å². The normalized spacial score (nSPS) is 16.6. The van der Waals surface area contributed by atoms with E-state index in [0.29, 0.717) is 29.7 Å². The molecular weight excluding hydrogens is 440 g/mol. The van der Waals surface area contributed by atoms with Crippen molar-refractivity contribution in [3.63, 3.8) is 0 Å². The Bertz CT molecular complexity index is 1240. The van der Waals surface area contributed by atoms with Gasteiger partial charge in [0.05, 0.1) is 17.8 Å². The molecule has 1 saturated carbocycles. The van der Waals surface area contributed by atoms with Crippen molar-refractivity contribution in [3.05, 3.63) is 77.2 Å². The van der Waals surface area contributed by atoms with Gasteiger partial charge in [0.1, 0.15) is 11.6 Å². The molecule has 0 unspecified atom stereocenters. The second-order valence-corrected chi connectivity index (χ2v) is 8.20. The van der Waals surface area contributed by atoms with E-state index in [9.17, 15) is 27.5 Å². The Balaban J connectivity index is 1.49. The lowest BCUT2D eigenvalue weighted by Gasteiger charge is -2.17. The first-order chi connectivity index (χ1) is 15.6. The maximum atomic E-state index is 13.8. The maximum absolute atomic E-state index is 13.8. The van der Waals surface area contributed by atoms with E-state index in [-0.39, 0.29) is 29.5 Å². The zero-order valence-electron chi connectivity index (χ0n) is 17.2. The predicted molar refractivity (Wildman–Crippen MR) is 111 cm³/mol. The van der Waals surface area contributed by atoms with Crippen LogP contribution in [0, 0.1) is 5.82 Å². The average Bonchev–Trinajstić information content (AvgIpc) is 3.45. The van der Waals surface area contributed by atoms with Crippen molar-refractivity contribution in [2.75, 3.05) is 11.5 Å². The Labute approximate surface area is 186 Å². The predicted octanol–water partition coefficient (Wildman–Crippen LogP) is 4.97. The van der Waals surface area contributed by atoms with E-state index in [2.05, 4.69) is 4.98 Å². The fraction of sp³-hybridized carbons (Fsp3) is 0.250. The molecule has 0 atom stereocenters. The topological polar surface area (TPSA) is 62.7 Å². The molecule has 2 aromatic carbocycles. The smallest absolute Gasteiger partial charge is 0.422 e. The molecule has 1 aliphatic carbocycles. The van der Waals surface area contributed by atoms with Crippen molar-refractivity contribution >= 4 is 11.6 Å². The number of halogens is 4. The van der Waals surface area contributed by atoms with E-state index >= 15 is 0 Å². The minimum Gasteiger partial charge on any atom is -0.483 e. The summed E-state index contributed by atoms with van der Waals surface area (Å²) in [4.78, 5) is 18.9. The number of amides is 1. The number of aliphatic hydroxyl groups is 1. The van der Waals surface area contributed by atoms with Crippen LogP contribution in [0.1, 0.15) is 34.3 Å². The lowest BCUT2D eigenvalue weighted by Crippen LogP contribution is -2.23. The van der Waals surface area contributed by atoms with Crippen LogP contribution in [0.3, 0.4) is 0 Å². The van der Waals surface area contributed by atoms with E-state index in [1.165, 1.54) is 17.2 Å². The molecule has 1 N–H and O–H groups in total. The molecule has 0 radical (unpaired) electrons. The molecule has 5 rings (SSSR count). The Kier molecular flexibility index (Phi) is 4.89. The van der Waals surface area contributed by atoms with Gasteiger partial charge in [0, 0.05) is 34.6 Å². The molecule has 170 valence electrons. The average molecular weight is 458 g/mol. The van der Waals surface area contributed by atoms with Gasteiger partial charge in [0.2, 0.25) is 0 Å². The molecule has 1 aromatic heterocycles. The van der Waals surface area contributed by atoms with Crippen molar-refractivity contribution in [1.29, 1.82) is 0 Å². The summed E-state index contributed by atoms with van der Waals surface area (Å²) in [6, 6.07) is 11.9. The number of aromatic nitrogens is 1. The van der Waals surface area contributed by atoms with E-state index in [4.69, 9.17) is 4.74 Å². The third-order valence-electron chi connectivity index (χ3n) is 5.88. The highest BCUT2D eigenvalue weighted by Gasteiger charge is 2.42. The zero-order chi connectivity index (χ0) is 23.4. The zero-order valence-corrected chi connectivity index (χ0v) is 17.2. The van der Waals surface area contributed by atoms with Crippen LogP contribution in [0.15, 0.2) is 54.7 Å². The standard InChI is InChI=1S/C24H18F4N2O3/c25-15-3-6-18(20(11-15)33-13-24(26,27)28)21-19-12-30(22(31)17(19)7-10-29-21)16-4-1-14(2-5-16)23(32)8-9-23/h1-7,10-11,32H,8-9,12-13H2. The van der Waals surface area contributed by atoms with Gasteiger partial charge in [-0.3, -0.25) is 9.78 Å². The Morgan fingerprint density at radius 2 is 1.79 bits per heavy atom. The second kappa shape index (κ2) is 7.55. The van der Waals surface area contributed by atoms with Gasteiger partial charge in [-0.2, -0.15) is 13.2 Å². The number of ether oxygens (including phenoxy) is 1. The van der Waals surface area contributed by atoms with Gasteiger partial charge < -0.3 is 14.7 Å². The van der Waals surface area contributed by atoms with E-state index in [1.54, 1.807) is 30.3 Å². The fourth-order valence-electron chi connectivity index (χ4n) is 4.00. The summed E-state index contributed by atoms with van der Waals surface area (Å²) in [5.41, 5.74) is 1.90. The molecule has 1 amide bonds. The summed E-state index contributed by atoms with van der Waals surface area (Å²) in [7, 11) is 0. The molecule has 2 heterocycles. The molecule has 9 heteroatoms. The van der Waals surface area contributed by atoms with Crippen molar-refractivity contribution < 1.29 is 32.2 Å². The Morgan fingerprint density at radius 3 is 2.45 bits per heavy atom. The first kappa shape index (κ1) is 21.4.